The molecule has 0 radical (unpaired) electrons. The molecule has 2 aromatic rings. The molecule has 4 rings (SSSR count). The van der Waals surface area contributed by atoms with Crippen molar-refractivity contribution in [2.24, 2.45) is 0 Å². The molecular formula is C27H31N5O2. The number of carbonyl (C=O) groups is 1. The molecule has 0 saturated carbocycles. The Morgan fingerprint density at radius 2 is 1.32 bits per heavy atom. The summed E-state index contributed by atoms with van der Waals surface area (Å²) in [5.74, 6) is 0.0618. The van der Waals surface area contributed by atoms with Gasteiger partial charge in [-0.2, -0.15) is 10.5 Å². The van der Waals surface area contributed by atoms with Gasteiger partial charge in [0.1, 0.15) is 0 Å². The van der Waals surface area contributed by atoms with Crippen LogP contribution in [0.25, 0.3) is 0 Å². The second-order valence-corrected chi connectivity index (χ2v) is 9.12. The number of fused-ring (bicyclic) bond motifs is 2. The van der Waals surface area contributed by atoms with E-state index in [0.29, 0.717) is 30.5 Å². The molecule has 7 nitrogen and oxygen atoms in total. The first-order valence-electron chi connectivity index (χ1n) is 12.0. The van der Waals surface area contributed by atoms with Crippen LogP contribution in [0.4, 0.5) is 0 Å². The van der Waals surface area contributed by atoms with E-state index in [4.69, 9.17) is 15.3 Å². The summed E-state index contributed by atoms with van der Waals surface area (Å²) >= 11 is 0. The number of nitrogens with zero attached hydrogens (tertiary/aromatic N) is 4. The molecule has 2 bridgehead atoms. The predicted molar refractivity (Wildman–Crippen MR) is 129 cm³/mol. The number of amides is 1. The van der Waals surface area contributed by atoms with Gasteiger partial charge in [-0.25, -0.2) is 0 Å². The Kier molecular flexibility index (Phi) is 8.27. The van der Waals surface area contributed by atoms with Crippen LogP contribution in [0.15, 0.2) is 48.5 Å². The minimum Gasteiger partial charge on any atom is -0.370 e. The second kappa shape index (κ2) is 11.8. The Morgan fingerprint density at radius 3 is 1.85 bits per heavy atom. The van der Waals surface area contributed by atoms with Crippen molar-refractivity contribution in [3.63, 3.8) is 0 Å². The first kappa shape index (κ1) is 23.9. The summed E-state index contributed by atoms with van der Waals surface area (Å²) in [5.41, 5.74) is 3.66. The van der Waals surface area contributed by atoms with Crippen molar-refractivity contribution >= 4 is 5.91 Å². The number of nitriles is 2. The third kappa shape index (κ3) is 6.88. The summed E-state index contributed by atoms with van der Waals surface area (Å²) in [4.78, 5) is 17.1. The molecule has 2 atom stereocenters. The average molecular weight is 458 g/mol. The van der Waals surface area contributed by atoms with E-state index in [0.717, 1.165) is 51.3 Å². The van der Waals surface area contributed by atoms with Gasteiger partial charge in [-0.05, 0) is 48.2 Å². The number of benzene rings is 2. The molecule has 0 aromatic heterocycles. The van der Waals surface area contributed by atoms with Gasteiger partial charge < -0.3 is 10.1 Å². The zero-order chi connectivity index (χ0) is 23.8. The van der Waals surface area contributed by atoms with Gasteiger partial charge in [-0.3, -0.25) is 14.6 Å². The van der Waals surface area contributed by atoms with Crippen LogP contribution in [0.3, 0.4) is 0 Å². The Balaban J connectivity index is 1.13. The smallest absolute Gasteiger partial charge is 0.220 e. The monoisotopic (exact) mass is 457 g/mol. The molecule has 2 aliphatic rings. The third-order valence-electron chi connectivity index (χ3n) is 6.51. The number of hydrogen-bond acceptors (Lipinski definition) is 6. The first-order chi connectivity index (χ1) is 16.6. The fraction of sp³-hybridized carbons (Fsp3) is 0.444. The normalized spacial score (nSPS) is 20.3. The van der Waals surface area contributed by atoms with Crippen molar-refractivity contribution in [1.29, 1.82) is 10.5 Å². The first-order valence-corrected chi connectivity index (χ1v) is 12.0. The lowest BCUT2D eigenvalue weighted by molar-refractivity contribution is -0.138. The zero-order valence-electron chi connectivity index (χ0n) is 19.4. The maximum atomic E-state index is 12.2. The van der Waals surface area contributed by atoms with E-state index < -0.39 is 0 Å². The molecular weight excluding hydrogens is 426 g/mol. The fourth-order valence-electron chi connectivity index (χ4n) is 4.70. The maximum Gasteiger partial charge on any atom is 0.220 e. The molecule has 2 heterocycles. The quantitative estimate of drug-likeness (QED) is 0.620. The number of morpholine rings is 2. The summed E-state index contributed by atoms with van der Waals surface area (Å²) < 4.78 is 6.17. The summed E-state index contributed by atoms with van der Waals surface area (Å²) in [6, 6.07) is 19.5. The highest BCUT2D eigenvalue weighted by Crippen LogP contribution is 2.19. The molecule has 2 fully saturated rings. The molecule has 2 saturated heterocycles. The van der Waals surface area contributed by atoms with Crippen molar-refractivity contribution in [1.82, 2.24) is 15.1 Å². The van der Waals surface area contributed by atoms with Gasteiger partial charge in [0.15, 0.2) is 0 Å². The Bertz CT molecular complexity index is 1020. The van der Waals surface area contributed by atoms with Crippen LogP contribution < -0.4 is 5.32 Å². The zero-order valence-corrected chi connectivity index (χ0v) is 19.4. The van der Waals surface area contributed by atoms with E-state index in [-0.39, 0.29) is 18.1 Å². The molecule has 2 aliphatic heterocycles. The van der Waals surface area contributed by atoms with E-state index in [1.165, 1.54) is 5.56 Å². The highest BCUT2D eigenvalue weighted by atomic mass is 16.5. The van der Waals surface area contributed by atoms with Crippen molar-refractivity contribution < 1.29 is 9.53 Å². The van der Waals surface area contributed by atoms with E-state index in [9.17, 15) is 4.79 Å². The molecule has 34 heavy (non-hydrogen) atoms. The molecule has 2 aromatic carbocycles. The summed E-state index contributed by atoms with van der Waals surface area (Å²) in [6.45, 7) is 6.13. The highest BCUT2D eigenvalue weighted by molar-refractivity contribution is 5.76. The molecule has 176 valence electrons. The van der Waals surface area contributed by atoms with Crippen molar-refractivity contribution in [2.75, 3.05) is 45.8 Å². The number of hydrogen-bond donors (Lipinski definition) is 1. The molecule has 1 amide bonds. The molecule has 1 N–H and O–H groups in total. The fourth-order valence-corrected chi connectivity index (χ4v) is 4.70. The number of carbonyl (C=O) groups excluding carboxylic acids is 1. The minimum absolute atomic E-state index is 0.0618. The highest BCUT2D eigenvalue weighted by Gasteiger charge is 2.34. The van der Waals surface area contributed by atoms with Crippen LogP contribution in [0.2, 0.25) is 0 Å². The minimum atomic E-state index is 0.0618. The molecule has 7 heteroatoms. The number of nitrogens with one attached hydrogen (secondary N) is 1. The van der Waals surface area contributed by atoms with Crippen molar-refractivity contribution in [3.8, 4) is 12.1 Å². The van der Waals surface area contributed by atoms with Gasteiger partial charge in [0.05, 0.1) is 35.5 Å². The Hall–Kier alpha value is -3.23. The van der Waals surface area contributed by atoms with Gasteiger partial charge in [0, 0.05) is 52.2 Å². The summed E-state index contributed by atoms with van der Waals surface area (Å²) in [6.07, 6.45) is 2.52. The van der Waals surface area contributed by atoms with Crippen molar-refractivity contribution in [2.45, 2.75) is 31.5 Å². The SMILES string of the molecule is N#Cc1ccc(CCC(=O)NCCN2CC3CN(CCc4ccc(C#N)cc4)CC(C2)O3)cc1. The number of ether oxygens (including phenoxy) is 1. The van der Waals surface area contributed by atoms with E-state index in [2.05, 4.69) is 27.3 Å². The van der Waals surface area contributed by atoms with E-state index in [1.807, 2.05) is 36.4 Å². The van der Waals surface area contributed by atoms with Gasteiger partial charge in [-0.15, -0.1) is 0 Å². The topological polar surface area (TPSA) is 92.4 Å². The lowest BCUT2D eigenvalue weighted by atomic mass is 10.1. The standard InChI is InChI=1S/C27H31N5O2/c28-15-23-5-1-21(2-6-23)9-10-27(33)30-12-14-32-19-25-17-31(18-26(20-32)34-25)13-11-22-3-7-24(16-29)8-4-22/h1-8,25-26H,9-14,17-20H2,(H,30,33). The van der Waals surface area contributed by atoms with Gasteiger partial charge in [0.2, 0.25) is 5.91 Å². The van der Waals surface area contributed by atoms with Crippen molar-refractivity contribution in [3.05, 3.63) is 70.8 Å². The van der Waals surface area contributed by atoms with Crippen LogP contribution in [0.1, 0.15) is 28.7 Å². The molecule has 0 aliphatic carbocycles. The van der Waals surface area contributed by atoms with Gasteiger partial charge in [-0.1, -0.05) is 24.3 Å². The Morgan fingerprint density at radius 1 is 0.824 bits per heavy atom. The van der Waals surface area contributed by atoms with Crippen LogP contribution in [0, 0.1) is 22.7 Å². The molecule has 0 spiro atoms. The van der Waals surface area contributed by atoms with Gasteiger partial charge >= 0.3 is 0 Å². The lowest BCUT2D eigenvalue weighted by Crippen LogP contribution is -2.60. The van der Waals surface area contributed by atoms with Crippen LogP contribution in [-0.4, -0.2) is 73.7 Å². The second-order valence-electron chi connectivity index (χ2n) is 9.12. The summed E-state index contributed by atoms with van der Waals surface area (Å²) in [7, 11) is 0. The Labute approximate surface area is 201 Å². The lowest BCUT2D eigenvalue weighted by Gasteiger charge is -2.46. The largest absolute Gasteiger partial charge is 0.370 e. The number of rotatable bonds is 9. The predicted octanol–water partition coefficient (Wildman–Crippen LogP) is 2.11. The van der Waals surface area contributed by atoms with Crippen LogP contribution >= 0.6 is 0 Å². The maximum absolute atomic E-state index is 12.2. The van der Waals surface area contributed by atoms with Crippen LogP contribution in [0.5, 0.6) is 0 Å². The van der Waals surface area contributed by atoms with Crippen LogP contribution in [-0.2, 0) is 22.4 Å². The third-order valence-corrected chi connectivity index (χ3v) is 6.51. The van der Waals surface area contributed by atoms with Gasteiger partial charge in [0.25, 0.3) is 0 Å². The summed E-state index contributed by atoms with van der Waals surface area (Å²) in [5, 5.41) is 20.8. The number of aryl methyl sites for hydroxylation is 1. The average Bonchev–Trinajstić information content (AvgIpc) is 2.86. The van der Waals surface area contributed by atoms with E-state index >= 15 is 0 Å². The van der Waals surface area contributed by atoms with E-state index in [1.54, 1.807) is 12.1 Å². The molecule has 2 unspecified atom stereocenters.